The molecule has 0 aliphatic heterocycles. The number of aromatic nitrogens is 17. The maximum atomic E-state index is 12.8. The molecule has 0 radical (unpaired) electrons. The third kappa shape index (κ3) is 10.9. The second-order valence-corrected chi connectivity index (χ2v) is 33.3. The van der Waals surface area contributed by atoms with E-state index in [9.17, 15) is 19.5 Å². The number of hydrogen-bond acceptors (Lipinski definition) is 22. The van der Waals surface area contributed by atoms with E-state index in [4.69, 9.17) is 57.5 Å². The van der Waals surface area contributed by atoms with E-state index in [1.165, 1.54) is 18.5 Å². The number of ketones is 3. The summed E-state index contributed by atoms with van der Waals surface area (Å²) in [6.07, 6.45) is 13.6. The Morgan fingerprint density at radius 1 is 0.514 bits per heavy atom. The average molecular weight is 1430 g/mol. The number of aryl methyl sites for hydroxylation is 8. The van der Waals surface area contributed by atoms with Crippen LogP contribution in [-0.4, -0.2) is 113 Å². The Kier molecular flexibility index (Phi) is 17.1. The SMILES string of the molecule is Cc1noc(-c2c3c(nn2C)[C@@]2(C)C/C(=C/O)C(=O)C(C)(C)[C@@H]2CC3)n1.Cc1noc(-c2c3c(nn2C)[C@@]2(C)Cc4cnoc4C(C)(C)[C@@H]2CC3)n1.[3H]C.[C-]#[N+]C1=C[C@]2(C)c3nn(C)c(-c4nc(C)no4)c3CC[C@H]2C(C)(C)C1=O.[C-]#[N+]C1C[C@]2(C)c3nn(C)c(-c4nc(C)no4)c3CC[C@H]2C(C)(C)C1=O. The van der Waals surface area contributed by atoms with Crippen LogP contribution in [0.4, 0.5) is 0 Å². The predicted octanol–water partition coefficient (Wildman–Crippen LogP) is 12.7. The number of fused-ring (bicyclic) bond motifs is 13. The second kappa shape index (κ2) is 25.0. The summed E-state index contributed by atoms with van der Waals surface area (Å²) in [7, 11) is 8.85. The van der Waals surface area contributed by atoms with Gasteiger partial charge in [0.2, 0.25) is 11.5 Å². The van der Waals surface area contributed by atoms with Crippen molar-refractivity contribution in [2.75, 3.05) is 0 Å². The number of Topliss-reactive ketones (excluding diaryl/α,β-unsaturated/α-hetero) is 3. The van der Waals surface area contributed by atoms with Gasteiger partial charge in [0, 0.05) is 113 Å². The molecule has 28 heteroatoms. The van der Waals surface area contributed by atoms with Crippen LogP contribution in [0.25, 0.3) is 56.0 Å². The van der Waals surface area contributed by atoms with Crippen molar-refractivity contribution in [2.24, 2.45) is 68.1 Å². The predicted molar refractivity (Wildman–Crippen MR) is 383 cm³/mol. The van der Waals surface area contributed by atoms with E-state index in [1.807, 2.05) is 98.3 Å². The fourth-order valence-electron chi connectivity index (χ4n) is 20.9. The summed E-state index contributed by atoms with van der Waals surface area (Å²) in [6.45, 7) is 47.3. The molecule has 1 N–H and O–H groups in total. The Labute approximate surface area is 611 Å². The molecule has 105 heavy (non-hydrogen) atoms. The van der Waals surface area contributed by atoms with Crippen LogP contribution >= 0.6 is 0 Å². The summed E-state index contributed by atoms with van der Waals surface area (Å²) < 4.78 is 40.3. The molecule has 17 rings (SSSR count). The van der Waals surface area contributed by atoms with Gasteiger partial charge in [-0.2, -0.15) is 40.3 Å². The summed E-state index contributed by atoms with van der Waals surface area (Å²) in [6, 6.07) is -0.603. The van der Waals surface area contributed by atoms with E-state index in [1.54, 1.807) is 30.1 Å². The molecule has 8 aliphatic rings. The molecule has 0 bridgehead atoms. The smallest absolute Gasteiger partial charge is 0.282 e. The van der Waals surface area contributed by atoms with Crippen molar-refractivity contribution in [2.45, 2.75) is 222 Å². The van der Waals surface area contributed by atoms with Crippen molar-refractivity contribution in [1.82, 2.24) is 84.8 Å². The van der Waals surface area contributed by atoms with E-state index in [0.717, 1.165) is 132 Å². The molecule has 9 heterocycles. The zero-order chi connectivity index (χ0) is 76.8. The van der Waals surface area contributed by atoms with Crippen LogP contribution in [0.15, 0.2) is 52.4 Å². The quantitative estimate of drug-likeness (QED) is 0.0971. The van der Waals surface area contributed by atoms with E-state index in [0.29, 0.717) is 71.2 Å². The zero-order valence-electron chi connectivity index (χ0n) is 65.1. The highest BCUT2D eigenvalue weighted by atomic mass is 16.5. The largest absolute Gasteiger partial charge is 0.515 e. The van der Waals surface area contributed by atoms with E-state index in [2.05, 4.69) is 97.0 Å². The topological polar surface area (TPSA) is 333 Å². The van der Waals surface area contributed by atoms with Gasteiger partial charge in [-0.15, -0.1) is 0 Å². The Morgan fingerprint density at radius 3 is 1.29 bits per heavy atom. The van der Waals surface area contributed by atoms with Gasteiger partial charge in [0.1, 0.15) is 28.5 Å². The molecule has 1 unspecified atom stereocenters. The molecule has 2 saturated carbocycles. The van der Waals surface area contributed by atoms with Gasteiger partial charge in [-0.3, -0.25) is 28.3 Å². The van der Waals surface area contributed by atoms with Gasteiger partial charge >= 0.3 is 0 Å². The lowest BCUT2D eigenvalue weighted by Gasteiger charge is -2.52. The van der Waals surface area contributed by atoms with Crippen molar-refractivity contribution < 1.29 is 43.5 Å². The molecule has 0 aromatic carbocycles. The third-order valence-electron chi connectivity index (χ3n) is 25.3. The van der Waals surface area contributed by atoms with Crippen LogP contribution in [0.2, 0.25) is 0 Å². The third-order valence-corrected chi connectivity index (χ3v) is 25.3. The molecular weight excluding hydrogens is 1330 g/mol. The Balaban J connectivity index is 0.000000124. The van der Waals surface area contributed by atoms with E-state index < -0.39 is 27.7 Å². The molecule has 0 amide bonds. The number of rotatable bonds is 4. The van der Waals surface area contributed by atoms with Gasteiger partial charge in [0.25, 0.3) is 29.6 Å². The fraction of sp³-hybridized carbons (Fsp3) is 0.584. The number of allylic oxidation sites excluding steroid dienone is 3. The maximum Gasteiger partial charge on any atom is 0.282 e. The minimum atomic E-state index is -0.603. The first-order chi connectivity index (χ1) is 49.9. The Morgan fingerprint density at radius 2 is 0.886 bits per heavy atom. The highest BCUT2D eigenvalue weighted by molar-refractivity contribution is 6.03. The lowest BCUT2D eigenvalue weighted by Crippen LogP contribution is -2.56. The Bertz CT molecular complexity index is 5170. The van der Waals surface area contributed by atoms with Crippen LogP contribution in [0, 0.1) is 80.8 Å². The van der Waals surface area contributed by atoms with E-state index in [-0.39, 0.29) is 62.5 Å². The van der Waals surface area contributed by atoms with Gasteiger partial charge in [-0.05, 0) is 116 Å². The first kappa shape index (κ1) is 71.9. The molecular formula is C77H95N19O9. The Hall–Kier alpha value is -10.1. The monoisotopic (exact) mass is 1430 g/mol. The maximum absolute atomic E-state index is 12.8. The summed E-state index contributed by atoms with van der Waals surface area (Å²) >= 11 is 0. The summed E-state index contributed by atoms with van der Waals surface area (Å²) in [5.74, 6) is 6.30. The first-order valence-electron chi connectivity index (χ1n) is 36.8. The van der Waals surface area contributed by atoms with Gasteiger partial charge in [-0.25, -0.2) is 11.4 Å². The zero-order valence-corrected chi connectivity index (χ0v) is 64.1. The van der Waals surface area contributed by atoms with Crippen LogP contribution in [-0.2, 0) is 102 Å². The standard InChI is InChI=1S/2C19H23N5O2.C19H21N5O2.C19H24N4O3.CH4/c1-10-21-17(26-23-10)14-12-6-7-13-18(2,3)16-11(9-20-25-16)8-19(13,4)15(12)22-24(14)5;2*1-10-21-17(26-23-10)14-11-7-8-13-18(2,3)16(25)12(20-5)9-19(13,4)15(11)22-24(14)6;1-10-20-17(26-22-10)14-12-6-7-13-18(2,3)16(25)11(9-24)8-19(13,4)15(12)21-23(14)5;/h9,13H,6-8H2,1-5H3;12-13H,7-9H2,1-4,6H3;9,13H,7-8H2,1-4,6H3;9,13,24H,6-8H2,1-5H3;1H4/b;;;11-9-;/t13-,19-;12?,13-,19-;2*13-,19-;/m0000./s1/i;;;;1T. The minimum absolute atomic E-state index is 0.0367. The number of carbonyl (C=O) groups excluding carboxylic acids is 3. The van der Waals surface area contributed by atoms with Crippen molar-refractivity contribution in [1.29, 1.82) is 0 Å². The first-order valence-corrected chi connectivity index (χ1v) is 35.8. The summed E-state index contributed by atoms with van der Waals surface area (Å²) in [5, 5.41) is 48.8. The lowest BCUT2D eigenvalue weighted by atomic mass is 9.50. The van der Waals surface area contributed by atoms with Crippen LogP contribution in [0.3, 0.4) is 0 Å². The molecule has 552 valence electrons. The molecule has 2 fully saturated rings. The van der Waals surface area contributed by atoms with Crippen LogP contribution < -0.4 is 0 Å². The van der Waals surface area contributed by atoms with Crippen molar-refractivity contribution in [3.05, 3.63) is 132 Å². The summed E-state index contributed by atoms with van der Waals surface area (Å²) in [4.78, 5) is 63.1. The van der Waals surface area contributed by atoms with Gasteiger partial charge in [-0.1, -0.05) is 122 Å². The highest BCUT2D eigenvalue weighted by Crippen LogP contribution is 2.61. The fourth-order valence-corrected chi connectivity index (χ4v) is 20.9. The number of hydrogen-bond donors (Lipinski definition) is 1. The molecule has 0 saturated heterocycles. The van der Waals surface area contributed by atoms with Crippen molar-refractivity contribution in [3.63, 3.8) is 0 Å². The van der Waals surface area contributed by atoms with Gasteiger partial charge in [0.15, 0.2) is 34.9 Å². The number of nitrogens with zero attached hydrogens (tertiary/aromatic N) is 19. The molecule has 0 spiro atoms. The molecule has 8 aliphatic carbocycles. The normalized spacial score (nSPS) is 27.7. The second-order valence-electron chi connectivity index (χ2n) is 33.3. The van der Waals surface area contributed by atoms with E-state index >= 15 is 0 Å². The van der Waals surface area contributed by atoms with Crippen molar-refractivity contribution >= 4 is 17.3 Å². The van der Waals surface area contributed by atoms with Crippen LogP contribution in [0.5, 0.6) is 0 Å². The molecule has 9 aromatic rings. The van der Waals surface area contributed by atoms with Gasteiger partial charge < -0.3 is 37.4 Å². The lowest BCUT2D eigenvalue weighted by molar-refractivity contribution is -0.137. The van der Waals surface area contributed by atoms with Gasteiger partial charge in [0.05, 0.1) is 41.8 Å². The number of aliphatic hydroxyl groups excluding tert-OH is 1. The average Bonchev–Trinajstić information content (AvgIpc) is 1.41. The molecule has 9 aromatic heterocycles. The molecule has 9 atom stereocenters. The molecule has 28 nitrogen and oxygen atoms in total. The number of aliphatic hydroxyl groups is 1. The summed E-state index contributed by atoms with van der Waals surface area (Å²) in [5.41, 5.74) is 11.0. The van der Waals surface area contributed by atoms with Crippen molar-refractivity contribution in [3.8, 4) is 46.3 Å². The minimum Gasteiger partial charge on any atom is -0.515 e. The number of carbonyl (C=O) groups is 3. The highest BCUT2D eigenvalue weighted by Gasteiger charge is 2.63. The van der Waals surface area contributed by atoms with Crippen LogP contribution in [0.1, 0.15) is 210 Å².